The molecular weight excluding hydrogens is 409 g/mol. The maximum absolute atomic E-state index is 14.0. The molecule has 0 spiro atoms. The van der Waals surface area contributed by atoms with Gasteiger partial charge < -0.3 is 19.6 Å². The largest absolute Gasteiger partial charge is 0.354 e. The Morgan fingerprint density at radius 3 is 1.97 bits per heavy atom. The van der Waals surface area contributed by atoms with E-state index in [1.54, 1.807) is 0 Å². The van der Waals surface area contributed by atoms with E-state index < -0.39 is 28.9 Å². The van der Waals surface area contributed by atoms with Crippen molar-refractivity contribution in [3.63, 3.8) is 0 Å². The van der Waals surface area contributed by atoms with Gasteiger partial charge in [0.1, 0.15) is 17.5 Å². The summed E-state index contributed by atoms with van der Waals surface area (Å²) in [7, 11) is 2.10. The van der Waals surface area contributed by atoms with Crippen LogP contribution in [0.2, 0.25) is 0 Å². The van der Waals surface area contributed by atoms with Crippen LogP contribution >= 0.6 is 0 Å². The zero-order valence-electron chi connectivity index (χ0n) is 17.6. The number of halogens is 3. The van der Waals surface area contributed by atoms with Gasteiger partial charge in [-0.1, -0.05) is 0 Å². The quantitative estimate of drug-likeness (QED) is 0.688. The number of anilines is 2. The molecule has 2 aromatic rings. The van der Waals surface area contributed by atoms with Gasteiger partial charge in [-0.25, -0.2) is 23.1 Å². The molecule has 1 aromatic carbocycles. The molecule has 0 aliphatic carbocycles. The zero-order chi connectivity index (χ0) is 22.1. The third kappa shape index (κ3) is 4.43. The van der Waals surface area contributed by atoms with Crippen molar-refractivity contribution in [1.82, 2.24) is 19.8 Å². The van der Waals surface area contributed by atoms with Crippen molar-refractivity contribution in [1.29, 1.82) is 0 Å². The topological polar surface area (TPSA) is 55.8 Å². The van der Waals surface area contributed by atoms with E-state index >= 15 is 0 Å². The normalized spacial score (nSPS) is 17.9. The highest BCUT2D eigenvalue weighted by Gasteiger charge is 2.27. The van der Waals surface area contributed by atoms with E-state index in [9.17, 15) is 18.0 Å². The molecule has 0 unspecified atom stereocenters. The molecular formula is C21H25F3N6O. The molecule has 0 radical (unpaired) electrons. The lowest BCUT2D eigenvalue weighted by atomic mass is 10.1. The standard InChI is InChI=1S/C21H25F3N6O/c1-14-25-17(28-7-5-27(2)6-8-28)13-18(26-14)29-9-11-30(12-10-29)21(31)15-3-4-16(22)20(24)19(15)23/h3-4,13H,5-12H2,1-2H3. The lowest BCUT2D eigenvalue weighted by molar-refractivity contribution is 0.0740. The first-order valence-corrected chi connectivity index (χ1v) is 10.3. The number of aryl methyl sites for hydroxylation is 1. The summed E-state index contributed by atoms with van der Waals surface area (Å²) in [5.74, 6) is -2.69. The van der Waals surface area contributed by atoms with Gasteiger partial charge in [0.05, 0.1) is 5.56 Å². The predicted molar refractivity (Wildman–Crippen MR) is 111 cm³/mol. The van der Waals surface area contributed by atoms with E-state index in [2.05, 4.69) is 31.7 Å². The molecule has 2 aliphatic heterocycles. The molecule has 2 fully saturated rings. The van der Waals surface area contributed by atoms with Crippen LogP contribution in [-0.2, 0) is 0 Å². The van der Waals surface area contributed by atoms with Crippen molar-refractivity contribution in [2.45, 2.75) is 6.92 Å². The number of hydrogen-bond donors (Lipinski definition) is 0. The van der Waals surface area contributed by atoms with Crippen LogP contribution in [0.25, 0.3) is 0 Å². The number of carbonyl (C=O) groups is 1. The third-order valence-electron chi connectivity index (χ3n) is 5.79. The second-order valence-corrected chi connectivity index (χ2v) is 7.92. The van der Waals surface area contributed by atoms with Gasteiger partial charge in [-0.2, -0.15) is 0 Å². The first kappa shape index (κ1) is 21.4. The lowest BCUT2D eigenvalue weighted by Crippen LogP contribution is -2.49. The Balaban J connectivity index is 1.44. The maximum atomic E-state index is 14.0. The van der Waals surface area contributed by atoms with Crippen molar-refractivity contribution in [3.05, 3.63) is 47.0 Å². The van der Waals surface area contributed by atoms with E-state index in [-0.39, 0.29) is 0 Å². The highest BCUT2D eigenvalue weighted by molar-refractivity contribution is 5.94. The smallest absolute Gasteiger partial charge is 0.257 e. The Kier molecular flexibility index (Phi) is 5.99. The molecule has 7 nitrogen and oxygen atoms in total. The summed E-state index contributed by atoms with van der Waals surface area (Å²) in [6.07, 6.45) is 0. The van der Waals surface area contributed by atoms with Crippen molar-refractivity contribution >= 4 is 17.5 Å². The van der Waals surface area contributed by atoms with Gasteiger partial charge in [-0.3, -0.25) is 4.79 Å². The second kappa shape index (κ2) is 8.70. The Hall–Kier alpha value is -2.88. The SMILES string of the molecule is Cc1nc(N2CCN(C)CC2)cc(N2CCN(C(=O)c3ccc(F)c(F)c3F)CC2)n1. The number of likely N-dealkylation sites (N-methyl/N-ethyl adjacent to an activating group) is 1. The molecule has 10 heteroatoms. The summed E-state index contributed by atoms with van der Waals surface area (Å²) >= 11 is 0. The zero-order valence-corrected chi connectivity index (χ0v) is 17.6. The minimum absolute atomic E-state index is 0.324. The highest BCUT2D eigenvalue weighted by atomic mass is 19.2. The van der Waals surface area contributed by atoms with Gasteiger partial charge in [-0.15, -0.1) is 0 Å². The van der Waals surface area contributed by atoms with Crippen LogP contribution in [0.3, 0.4) is 0 Å². The number of aromatic nitrogens is 2. The summed E-state index contributed by atoms with van der Waals surface area (Å²) in [6, 6.07) is 3.72. The van der Waals surface area contributed by atoms with E-state index in [0.29, 0.717) is 32.0 Å². The van der Waals surface area contributed by atoms with E-state index in [4.69, 9.17) is 0 Å². The number of benzene rings is 1. The lowest BCUT2D eigenvalue weighted by Gasteiger charge is -2.37. The van der Waals surface area contributed by atoms with Crippen LogP contribution in [0.4, 0.5) is 24.8 Å². The van der Waals surface area contributed by atoms with Crippen molar-refractivity contribution in [2.75, 3.05) is 69.2 Å². The fourth-order valence-electron chi connectivity index (χ4n) is 3.90. The first-order valence-electron chi connectivity index (χ1n) is 10.3. The van der Waals surface area contributed by atoms with Crippen LogP contribution in [0.15, 0.2) is 18.2 Å². The molecule has 0 saturated carbocycles. The average molecular weight is 434 g/mol. The van der Waals surface area contributed by atoms with E-state index in [1.165, 1.54) is 4.90 Å². The Bertz CT molecular complexity index is 972. The van der Waals surface area contributed by atoms with Crippen LogP contribution < -0.4 is 9.80 Å². The van der Waals surface area contributed by atoms with Crippen LogP contribution in [-0.4, -0.2) is 85.1 Å². The predicted octanol–water partition coefficient (Wildman–Crippen LogP) is 1.92. The highest BCUT2D eigenvalue weighted by Crippen LogP contribution is 2.23. The average Bonchev–Trinajstić information content (AvgIpc) is 2.77. The van der Waals surface area contributed by atoms with Crippen LogP contribution in [0.5, 0.6) is 0 Å². The fourth-order valence-corrected chi connectivity index (χ4v) is 3.90. The molecule has 31 heavy (non-hydrogen) atoms. The van der Waals surface area contributed by atoms with Crippen LogP contribution in [0, 0.1) is 24.4 Å². The molecule has 0 N–H and O–H groups in total. The van der Waals surface area contributed by atoms with Crippen molar-refractivity contribution in [2.24, 2.45) is 0 Å². The number of amides is 1. The van der Waals surface area contributed by atoms with Gasteiger partial charge in [0.2, 0.25) is 0 Å². The summed E-state index contributed by atoms with van der Waals surface area (Å²) < 4.78 is 40.7. The van der Waals surface area contributed by atoms with Crippen molar-refractivity contribution < 1.29 is 18.0 Å². The molecule has 2 saturated heterocycles. The van der Waals surface area contributed by atoms with Gasteiger partial charge in [0.25, 0.3) is 5.91 Å². The second-order valence-electron chi connectivity index (χ2n) is 7.92. The van der Waals surface area contributed by atoms with Gasteiger partial charge in [0.15, 0.2) is 17.5 Å². The number of piperazine rings is 2. The molecule has 0 atom stereocenters. The molecule has 4 rings (SSSR count). The van der Waals surface area contributed by atoms with E-state index in [0.717, 1.165) is 49.9 Å². The third-order valence-corrected chi connectivity index (χ3v) is 5.79. The summed E-state index contributed by atoms with van der Waals surface area (Å²) in [5.41, 5.74) is -0.456. The number of nitrogens with zero attached hydrogens (tertiary/aromatic N) is 6. The Morgan fingerprint density at radius 1 is 0.839 bits per heavy atom. The molecule has 3 heterocycles. The summed E-state index contributed by atoms with van der Waals surface area (Å²) in [5, 5.41) is 0. The van der Waals surface area contributed by atoms with Crippen molar-refractivity contribution in [3.8, 4) is 0 Å². The molecule has 2 aliphatic rings. The van der Waals surface area contributed by atoms with Gasteiger partial charge in [0, 0.05) is 58.4 Å². The fraction of sp³-hybridized carbons (Fsp3) is 0.476. The number of hydrogen-bond acceptors (Lipinski definition) is 6. The molecule has 166 valence electrons. The molecule has 1 amide bonds. The minimum atomic E-state index is -1.63. The Morgan fingerprint density at radius 2 is 1.39 bits per heavy atom. The monoisotopic (exact) mass is 434 g/mol. The van der Waals surface area contributed by atoms with Gasteiger partial charge in [-0.05, 0) is 26.1 Å². The summed E-state index contributed by atoms with van der Waals surface area (Å²) in [6.45, 7) is 7.23. The Labute approximate surface area is 179 Å². The minimum Gasteiger partial charge on any atom is -0.354 e. The maximum Gasteiger partial charge on any atom is 0.257 e. The van der Waals surface area contributed by atoms with Gasteiger partial charge >= 0.3 is 0 Å². The number of carbonyl (C=O) groups excluding carboxylic acids is 1. The molecule has 0 bridgehead atoms. The number of rotatable bonds is 3. The van der Waals surface area contributed by atoms with Crippen LogP contribution in [0.1, 0.15) is 16.2 Å². The summed E-state index contributed by atoms with van der Waals surface area (Å²) in [4.78, 5) is 29.8. The van der Waals surface area contributed by atoms with E-state index in [1.807, 2.05) is 13.0 Å². The molecule has 1 aromatic heterocycles. The first-order chi connectivity index (χ1) is 14.8.